The van der Waals surface area contributed by atoms with Crippen molar-refractivity contribution in [1.29, 1.82) is 0 Å². The summed E-state index contributed by atoms with van der Waals surface area (Å²) in [6.45, 7) is 0. The van der Waals surface area contributed by atoms with E-state index < -0.39 is 5.97 Å². The predicted molar refractivity (Wildman–Crippen MR) is 67.8 cm³/mol. The highest BCUT2D eigenvalue weighted by molar-refractivity contribution is 5.67. The molecule has 1 aromatic heterocycles. The summed E-state index contributed by atoms with van der Waals surface area (Å²) < 4.78 is 1.47. The van der Waals surface area contributed by atoms with Crippen LogP contribution in [0.3, 0.4) is 0 Å². The Morgan fingerprint density at radius 1 is 1.39 bits per heavy atom. The normalized spacial score (nSPS) is 16.9. The summed E-state index contributed by atoms with van der Waals surface area (Å²) in [7, 11) is 1.69. The van der Waals surface area contributed by atoms with E-state index in [-0.39, 0.29) is 12.0 Å². The van der Waals surface area contributed by atoms with Gasteiger partial charge in [-0.3, -0.25) is 19.4 Å². The van der Waals surface area contributed by atoms with Gasteiger partial charge in [-0.25, -0.2) is 0 Å². The fraction of sp³-hybridized carbons (Fsp3) is 0.692. The molecule has 0 aromatic carbocycles. The highest BCUT2D eigenvalue weighted by atomic mass is 16.4. The zero-order valence-electron chi connectivity index (χ0n) is 10.7. The highest BCUT2D eigenvalue weighted by Crippen LogP contribution is 2.32. The monoisotopic (exact) mass is 252 g/mol. The van der Waals surface area contributed by atoms with Crippen LogP contribution in [0.25, 0.3) is 0 Å². The van der Waals surface area contributed by atoms with Crippen molar-refractivity contribution >= 4 is 5.97 Å². The Bertz CT molecular complexity index is 481. The zero-order valence-corrected chi connectivity index (χ0v) is 10.7. The van der Waals surface area contributed by atoms with Crippen molar-refractivity contribution in [3.8, 4) is 0 Å². The molecule has 0 unspecified atom stereocenters. The Kier molecular flexibility index (Phi) is 3.89. The van der Waals surface area contributed by atoms with E-state index in [1.165, 1.54) is 23.9 Å². The maximum atomic E-state index is 12.0. The van der Waals surface area contributed by atoms with Crippen LogP contribution in [-0.2, 0) is 18.3 Å². The number of rotatable bonds is 4. The molecule has 2 rings (SSSR count). The summed E-state index contributed by atoms with van der Waals surface area (Å²) in [6.07, 6.45) is 6.20. The van der Waals surface area contributed by atoms with Crippen molar-refractivity contribution in [2.45, 2.75) is 50.9 Å². The average molecular weight is 252 g/mol. The lowest BCUT2D eigenvalue weighted by Gasteiger charge is -2.21. The number of carbonyl (C=O) groups is 1. The minimum absolute atomic E-state index is 0.0206. The second-order valence-electron chi connectivity index (χ2n) is 5.10. The number of carboxylic acid groups (broad SMARTS) is 1. The molecule has 1 aliphatic carbocycles. The minimum Gasteiger partial charge on any atom is -0.481 e. The molecule has 5 nitrogen and oxygen atoms in total. The summed E-state index contributed by atoms with van der Waals surface area (Å²) >= 11 is 0. The first-order chi connectivity index (χ1) is 8.59. The van der Waals surface area contributed by atoms with Crippen molar-refractivity contribution in [2.24, 2.45) is 7.05 Å². The van der Waals surface area contributed by atoms with Crippen LogP contribution in [0.4, 0.5) is 0 Å². The first kappa shape index (κ1) is 12.9. The van der Waals surface area contributed by atoms with E-state index in [1.807, 2.05) is 0 Å². The minimum atomic E-state index is -0.854. The van der Waals surface area contributed by atoms with Gasteiger partial charge < -0.3 is 5.11 Å². The van der Waals surface area contributed by atoms with Gasteiger partial charge in [-0.1, -0.05) is 19.3 Å². The maximum Gasteiger partial charge on any atom is 0.303 e. The van der Waals surface area contributed by atoms with Gasteiger partial charge in [-0.2, -0.15) is 0 Å². The van der Waals surface area contributed by atoms with Crippen LogP contribution in [0.2, 0.25) is 0 Å². The standard InChI is InChI=1S/C13H20N2O3/c1-15-13(18)10(7-8-11(16)17)12(14-15)9-5-3-2-4-6-9/h9,14H,2-8H2,1H3,(H,16,17). The van der Waals surface area contributed by atoms with Crippen LogP contribution in [0.1, 0.15) is 55.7 Å². The molecule has 100 valence electrons. The molecule has 1 heterocycles. The van der Waals surface area contributed by atoms with Crippen LogP contribution in [-0.4, -0.2) is 20.9 Å². The number of aromatic nitrogens is 2. The number of carboxylic acids is 1. The molecule has 1 fully saturated rings. The topological polar surface area (TPSA) is 75.1 Å². The van der Waals surface area contributed by atoms with Crippen molar-refractivity contribution in [3.63, 3.8) is 0 Å². The molecule has 0 radical (unpaired) electrons. The van der Waals surface area contributed by atoms with Gasteiger partial charge in [0.15, 0.2) is 0 Å². The number of H-pyrrole nitrogens is 1. The highest BCUT2D eigenvalue weighted by Gasteiger charge is 2.23. The Morgan fingerprint density at radius 2 is 2.06 bits per heavy atom. The number of aryl methyl sites for hydroxylation is 1. The van der Waals surface area contributed by atoms with Crippen LogP contribution in [0, 0.1) is 0 Å². The second kappa shape index (κ2) is 5.42. The number of hydrogen-bond acceptors (Lipinski definition) is 2. The van der Waals surface area contributed by atoms with Crippen molar-refractivity contribution in [3.05, 3.63) is 21.6 Å². The quantitative estimate of drug-likeness (QED) is 0.857. The van der Waals surface area contributed by atoms with E-state index in [4.69, 9.17) is 5.11 Å². The summed E-state index contributed by atoms with van der Waals surface area (Å²) in [5, 5.41) is 11.9. The zero-order chi connectivity index (χ0) is 13.1. The molecule has 0 aliphatic heterocycles. The lowest BCUT2D eigenvalue weighted by atomic mass is 9.85. The average Bonchev–Trinajstić information content (AvgIpc) is 2.64. The Labute approximate surface area is 106 Å². The smallest absolute Gasteiger partial charge is 0.303 e. The summed E-state index contributed by atoms with van der Waals surface area (Å²) in [5.41, 5.74) is 1.58. The van der Waals surface area contributed by atoms with Gasteiger partial charge in [0.1, 0.15) is 0 Å². The van der Waals surface area contributed by atoms with E-state index in [1.54, 1.807) is 7.05 Å². The molecule has 1 aromatic rings. The SMILES string of the molecule is Cn1[nH]c(C2CCCCC2)c(CCC(=O)O)c1=O. The molecular formula is C13H20N2O3. The Hall–Kier alpha value is -1.52. The number of aliphatic carboxylic acids is 1. The second-order valence-corrected chi connectivity index (χ2v) is 5.10. The van der Waals surface area contributed by atoms with E-state index in [9.17, 15) is 9.59 Å². The van der Waals surface area contributed by atoms with Crippen molar-refractivity contribution in [2.75, 3.05) is 0 Å². The summed E-state index contributed by atoms with van der Waals surface area (Å²) in [4.78, 5) is 22.6. The molecular weight excluding hydrogens is 232 g/mol. The third-order valence-electron chi connectivity index (χ3n) is 3.78. The van der Waals surface area contributed by atoms with Gasteiger partial charge in [0.25, 0.3) is 5.56 Å². The molecule has 1 aliphatic rings. The molecule has 1 saturated carbocycles. The third kappa shape index (κ3) is 2.66. The molecule has 0 amide bonds. The van der Waals surface area contributed by atoms with Crippen LogP contribution in [0.15, 0.2) is 4.79 Å². The van der Waals surface area contributed by atoms with E-state index in [0.717, 1.165) is 18.5 Å². The maximum absolute atomic E-state index is 12.0. The van der Waals surface area contributed by atoms with E-state index >= 15 is 0 Å². The van der Waals surface area contributed by atoms with E-state index in [2.05, 4.69) is 5.10 Å². The Balaban J connectivity index is 2.25. The first-order valence-electron chi connectivity index (χ1n) is 6.59. The molecule has 2 N–H and O–H groups in total. The Morgan fingerprint density at radius 3 is 2.67 bits per heavy atom. The third-order valence-corrected chi connectivity index (χ3v) is 3.78. The molecule has 0 atom stereocenters. The lowest BCUT2D eigenvalue weighted by Crippen LogP contribution is -2.16. The fourth-order valence-electron chi connectivity index (χ4n) is 2.82. The van der Waals surface area contributed by atoms with Gasteiger partial charge in [0.05, 0.1) is 0 Å². The summed E-state index contributed by atoms with van der Waals surface area (Å²) in [5.74, 6) is -0.454. The molecule has 18 heavy (non-hydrogen) atoms. The number of nitrogens with one attached hydrogen (secondary N) is 1. The lowest BCUT2D eigenvalue weighted by molar-refractivity contribution is -0.136. The number of nitrogens with zero attached hydrogens (tertiary/aromatic N) is 1. The molecule has 0 bridgehead atoms. The van der Waals surface area contributed by atoms with Gasteiger partial charge >= 0.3 is 5.97 Å². The van der Waals surface area contributed by atoms with Crippen LogP contribution in [0.5, 0.6) is 0 Å². The largest absolute Gasteiger partial charge is 0.481 e. The van der Waals surface area contributed by atoms with Crippen molar-refractivity contribution in [1.82, 2.24) is 9.78 Å². The molecule has 0 spiro atoms. The predicted octanol–water partition coefficient (Wildman–Crippen LogP) is 1.78. The van der Waals surface area contributed by atoms with Gasteiger partial charge in [-0.15, -0.1) is 0 Å². The van der Waals surface area contributed by atoms with Gasteiger partial charge in [0, 0.05) is 30.6 Å². The van der Waals surface area contributed by atoms with Gasteiger partial charge in [0.2, 0.25) is 0 Å². The number of aromatic amines is 1. The first-order valence-corrected chi connectivity index (χ1v) is 6.59. The number of hydrogen-bond donors (Lipinski definition) is 2. The van der Waals surface area contributed by atoms with Gasteiger partial charge in [-0.05, 0) is 19.3 Å². The summed E-state index contributed by atoms with van der Waals surface area (Å²) in [6, 6.07) is 0. The fourth-order valence-corrected chi connectivity index (χ4v) is 2.82. The van der Waals surface area contributed by atoms with Crippen molar-refractivity contribution < 1.29 is 9.90 Å². The molecule has 0 saturated heterocycles. The van der Waals surface area contributed by atoms with Crippen LogP contribution >= 0.6 is 0 Å². The van der Waals surface area contributed by atoms with E-state index in [0.29, 0.717) is 17.9 Å². The molecule has 5 heteroatoms. The van der Waals surface area contributed by atoms with Crippen LogP contribution < -0.4 is 5.56 Å².